The number of esters is 1. The van der Waals surface area contributed by atoms with Crippen LogP contribution in [0.1, 0.15) is 42.1 Å². The Morgan fingerprint density at radius 3 is 2.52 bits per heavy atom. The van der Waals surface area contributed by atoms with Gasteiger partial charge in [0, 0.05) is 10.9 Å². The summed E-state index contributed by atoms with van der Waals surface area (Å²) in [6, 6.07) is 7.12. The molecule has 2 heterocycles. The number of hydrogen-bond donors (Lipinski definition) is 2. The van der Waals surface area contributed by atoms with Crippen LogP contribution in [0.5, 0.6) is 0 Å². The Kier molecular flexibility index (Phi) is 5.53. The summed E-state index contributed by atoms with van der Waals surface area (Å²) in [5.74, 6) is -1.46. The number of urea groups is 1. The van der Waals surface area contributed by atoms with Crippen LogP contribution in [0, 0.1) is 6.92 Å². The first-order chi connectivity index (χ1) is 14.8. The first-order valence-corrected chi connectivity index (χ1v) is 11.0. The van der Waals surface area contributed by atoms with Gasteiger partial charge in [-0.05, 0) is 38.7 Å². The van der Waals surface area contributed by atoms with Crippen LogP contribution in [0.25, 0.3) is 11.1 Å². The van der Waals surface area contributed by atoms with Crippen molar-refractivity contribution in [2.24, 2.45) is 0 Å². The van der Waals surface area contributed by atoms with E-state index in [2.05, 4.69) is 10.6 Å². The highest BCUT2D eigenvalue weighted by Crippen LogP contribution is 2.38. The summed E-state index contributed by atoms with van der Waals surface area (Å²) < 4.78 is 5.20. The Balaban J connectivity index is 1.55. The maximum Gasteiger partial charge on any atom is 0.341 e. The lowest BCUT2D eigenvalue weighted by Crippen LogP contribution is -2.52. The van der Waals surface area contributed by atoms with Crippen LogP contribution in [0.3, 0.4) is 0 Å². The lowest BCUT2D eigenvalue weighted by Gasteiger charge is -2.34. The topological polar surface area (TPSA) is 105 Å². The number of carbonyl (C=O) groups excluding carboxylic acids is 4. The van der Waals surface area contributed by atoms with Gasteiger partial charge < -0.3 is 15.4 Å². The molecule has 2 N–H and O–H groups in total. The molecule has 2 aliphatic rings. The van der Waals surface area contributed by atoms with Crippen molar-refractivity contribution in [3.8, 4) is 11.1 Å². The van der Waals surface area contributed by atoms with Crippen molar-refractivity contribution in [3.05, 3.63) is 40.8 Å². The maximum absolute atomic E-state index is 12.7. The van der Waals surface area contributed by atoms with Crippen LogP contribution in [-0.2, 0) is 14.3 Å². The zero-order valence-electron chi connectivity index (χ0n) is 17.3. The summed E-state index contributed by atoms with van der Waals surface area (Å²) in [6.07, 6.45) is 2.05. The van der Waals surface area contributed by atoms with Crippen LogP contribution >= 0.6 is 11.3 Å². The molecular formula is C22H23N3O5S. The van der Waals surface area contributed by atoms with Crippen LogP contribution in [0.15, 0.2) is 29.6 Å². The number of ether oxygens (including phenoxy) is 1. The van der Waals surface area contributed by atoms with E-state index in [0.717, 1.165) is 22.4 Å². The third-order valence-corrected chi connectivity index (χ3v) is 6.54. The third-order valence-electron chi connectivity index (χ3n) is 5.64. The van der Waals surface area contributed by atoms with Gasteiger partial charge in [0.25, 0.3) is 5.91 Å². The Morgan fingerprint density at radius 2 is 1.94 bits per heavy atom. The van der Waals surface area contributed by atoms with Gasteiger partial charge in [-0.15, -0.1) is 11.3 Å². The number of carbonyl (C=O) groups is 4. The van der Waals surface area contributed by atoms with Crippen molar-refractivity contribution in [1.82, 2.24) is 10.2 Å². The second kappa shape index (κ2) is 8.14. The number of benzene rings is 1. The number of hydrogen-bond acceptors (Lipinski definition) is 6. The Hall–Kier alpha value is -3.20. The second-order valence-electron chi connectivity index (χ2n) is 7.75. The predicted octanol–water partition coefficient (Wildman–Crippen LogP) is 3.31. The standard InChI is InChI=1S/C22H23N3O5S/c1-3-30-19(27)17-15(14-7-5-13(2)6-8-14)12-31-18(17)23-16(26)11-25-20(28)22(9-4-10-22)24-21(25)29/h5-8,12H,3-4,9-11H2,1-2H3,(H,23,26)(H,24,29). The van der Waals surface area contributed by atoms with E-state index in [9.17, 15) is 19.2 Å². The molecule has 9 heteroatoms. The summed E-state index contributed by atoms with van der Waals surface area (Å²) in [4.78, 5) is 51.0. The van der Waals surface area contributed by atoms with Crippen molar-refractivity contribution < 1.29 is 23.9 Å². The van der Waals surface area contributed by atoms with Crippen LogP contribution < -0.4 is 10.6 Å². The molecule has 4 rings (SSSR count). The highest BCUT2D eigenvalue weighted by molar-refractivity contribution is 7.15. The summed E-state index contributed by atoms with van der Waals surface area (Å²) in [5.41, 5.74) is 1.99. The van der Waals surface area contributed by atoms with E-state index in [1.165, 1.54) is 11.3 Å². The van der Waals surface area contributed by atoms with Gasteiger partial charge in [0.2, 0.25) is 5.91 Å². The smallest absolute Gasteiger partial charge is 0.341 e. The Labute approximate surface area is 183 Å². The van der Waals surface area contributed by atoms with Crippen molar-refractivity contribution in [2.45, 2.75) is 38.6 Å². The molecule has 0 radical (unpaired) electrons. The van der Waals surface area contributed by atoms with Gasteiger partial charge in [-0.2, -0.15) is 0 Å². The lowest BCUT2D eigenvalue weighted by molar-refractivity contribution is -0.136. The number of aryl methyl sites for hydroxylation is 1. The monoisotopic (exact) mass is 441 g/mol. The quantitative estimate of drug-likeness (QED) is 0.529. The summed E-state index contributed by atoms with van der Waals surface area (Å²) in [6.45, 7) is 3.47. The lowest BCUT2D eigenvalue weighted by atomic mass is 9.77. The Morgan fingerprint density at radius 1 is 1.23 bits per heavy atom. The van der Waals surface area contributed by atoms with Crippen LogP contribution in [0.4, 0.5) is 9.80 Å². The number of rotatable bonds is 6. The minimum absolute atomic E-state index is 0.194. The molecule has 8 nitrogen and oxygen atoms in total. The van der Waals surface area contributed by atoms with E-state index in [4.69, 9.17) is 4.74 Å². The fraction of sp³-hybridized carbons (Fsp3) is 0.364. The number of imide groups is 1. The first-order valence-electron chi connectivity index (χ1n) is 10.1. The largest absolute Gasteiger partial charge is 0.462 e. The molecule has 0 atom stereocenters. The number of nitrogens with zero attached hydrogens (tertiary/aromatic N) is 1. The molecule has 2 fully saturated rings. The fourth-order valence-electron chi connectivity index (χ4n) is 3.80. The number of anilines is 1. The molecule has 1 aliphatic heterocycles. The minimum atomic E-state index is -0.838. The Bertz CT molecular complexity index is 1060. The first kappa shape index (κ1) is 21.0. The molecule has 162 valence electrons. The third kappa shape index (κ3) is 3.81. The van der Waals surface area contributed by atoms with Crippen molar-refractivity contribution in [1.29, 1.82) is 0 Å². The van der Waals surface area contributed by atoms with Crippen molar-refractivity contribution in [3.63, 3.8) is 0 Å². The van der Waals surface area contributed by atoms with E-state index < -0.39 is 30.0 Å². The molecule has 0 bridgehead atoms. The normalized spacial score (nSPS) is 16.8. The van der Waals surface area contributed by atoms with Crippen molar-refractivity contribution in [2.75, 3.05) is 18.5 Å². The van der Waals surface area contributed by atoms with Gasteiger partial charge >= 0.3 is 12.0 Å². The molecule has 1 aliphatic carbocycles. The highest BCUT2D eigenvalue weighted by Gasteiger charge is 2.55. The van der Waals surface area contributed by atoms with E-state index >= 15 is 0 Å². The van der Waals surface area contributed by atoms with E-state index in [-0.39, 0.29) is 18.1 Å². The highest BCUT2D eigenvalue weighted by atomic mass is 32.1. The van der Waals surface area contributed by atoms with E-state index in [0.29, 0.717) is 23.4 Å². The van der Waals surface area contributed by atoms with Gasteiger partial charge in [0.1, 0.15) is 22.6 Å². The van der Waals surface area contributed by atoms with Crippen LogP contribution in [0.2, 0.25) is 0 Å². The number of nitrogens with one attached hydrogen (secondary N) is 2. The molecular weight excluding hydrogens is 418 g/mol. The second-order valence-corrected chi connectivity index (χ2v) is 8.62. The summed E-state index contributed by atoms with van der Waals surface area (Å²) in [5, 5.41) is 7.49. The zero-order chi connectivity index (χ0) is 22.2. The average Bonchev–Trinajstić information content (AvgIpc) is 3.22. The summed E-state index contributed by atoms with van der Waals surface area (Å²) >= 11 is 1.20. The molecule has 31 heavy (non-hydrogen) atoms. The molecule has 4 amide bonds. The van der Waals surface area contributed by atoms with Gasteiger partial charge in [-0.1, -0.05) is 29.8 Å². The van der Waals surface area contributed by atoms with Gasteiger partial charge in [-0.25, -0.2) is 9.59 Å². The maximum atomic E-state index is 12.7. The molecule has 2 aromatic rings. The van der Waals surface area contributed by atoms with Gasteiger partial charge in [0.05, 0.1) is 6.61 Å². The molecule has 1 aromatic heterocycles. The average molecular weight is 442 g/mol. The van der Waals surface area contributed by atoms with E-state index in [1.807, 2.05) is 31.2 Å². The van der Waals surface area contributed by atoms with Crippen molar-refractivity contribution >= 4 is 40.2 Å². The summed E-state index contributed by atoms with van der Waals surface area (Å²) in [7, 11) is 0. The molecule has 1 saturated heterocycles. The zero-order valence-corrected chi connectivity index (χ0v) is 18.1. The van der Waals surface area contributed by atoms with E-state index in [1.54, 1.807) is 12.3 Å². The van der Waals surface area contributed by atoms with Crippen LogP contribution in [-0.4, -0.2) is 47.4 Å². The SMILES string of the molecule is CCOC(=O)c1c(-c2ccc(C)cc2)csc1NC(=O)CN1C(=O)NC2(CCC2)C1=O. The number of thiophene rings is 1. The number of amides is 4. The molecule has 1 aromatic carbocycles. The molecule has 1 spiro atoms. The van der Waals surface area contributed by atoms with Gasteiger partial charge in [0.15, 0.2) is 0 Å². The fourth-order valence-corrected chi connectivity index (χ4v) is 4.77. The van der Waals surface area contributed by atoms with Gasteiger partial charge in [-0.3, -0.25) is 14.5 Å². The predicted molar refractivity (Wildman–Crippen MR) is 116 cm³/mol. The molecule has 0 unspecified atom stereocenters. The minimum Gasteiger partial charge on any atom is -0.462 e. The molecule has 1 saturated carbocycles.